The number of hydrogen-bond donors (Lipinski definition) is 0. The third-order valence-corrected chi connectivity index (χ3v) is 4.67. The predicted molar refractivity (Wildman–Crippen MR) is 75.8 cm³/mol. The Labute approximate surface area is 123 Å². The molecule has 1 heterocycles. The van der Waals surface area contributed by atoms with Crippen molar-refractivity contribution in [3.8, 4) is 0 Å². The number of nitrogens with zero attached hydrogens (tertiary/aromatic N) is 2. The highest BCUT2D eigenvalue weighted by Crippen LogP contribution is 2.26. The van der Waals surface area contributed by atoms with Gasteiger partial charge in [-0.1, -0.05) is 34.7 Å². The van der Waals surface area contributed by atoms with E-state index in [1.165, 1.54) is 35.2 Å². The van der Waals surface area contributed by atoms with Gasteiger partial charge in [0.25, 0.3) is 0 Å². The molecule has 0 N–H and O–H groups in total. The standard InChI is InChI=1S/C12H10ClFN2OS2/c1-6-3-8(9(13)4-10(6)14)11(17)5-18-12-16-15-7(2)19-12/h3-4H,5H2,1-2H3. The van der Waals surface area contributed by atoms with E-state index in [0.29, 0.717) is 11.1 Å². The first kappa shape index (κ1) is 14.4. The van der Waals surface area contributed by atoms with Gasteiger partial charge in [0.15, 0.2) is 10.1 Å². The van der Waals surface area contributed by atoms with Crippen LogP contribution in [0.1, 0.15) is 20.9 Å². The van der Waals surface area contributed by atoms with Crippen LogP contribution < -0.4 is 0 Å². The van der Waals surface area contributed by atoms with Gasteiger partial charge >= 0.3 is 0 Å². The molecule has 2 rings (SSSR count). The van der Waals surface area contributed by atoms with Crippen molar-refractivity contribution in [2.45, 2.75) is 18.2 Å². The molecule has 0 fully saturated rings. The van der Waals surface area contributed by atoms with Gasteiger partial charge in [-0.15, -0.1) is 10.2 Å². The van der Waals surface area contributed by atoms with Gasteiger partial charge in [0.05, 0.1) is 10.8 Å². The van der Waals surface area contributed by atoms with E-state index in [1.54, 1.807) is 6.92 Å². The van der Waals surface area contributed by atoms with Crippen molar-refractivity contribution in [3.63, 3.8) is 0 Å². The number of ketones is 1. The molecule has 0 aliphatic rings. The SMILES string of the molecule is Cc1nnc(SCC(=O)c2cc(C)c(F)cc2Cl)s1. The molecule has 1 aromatic carbocycles. The van der Waals surface area contributed by atoms with Crippen molar-refractivity contribution in [2.24, 2.45) is 0 Å². The first-order valence-corrected chi connectivity index (χ1v) is 7.57. The molecule has 0 unspecified atom stereocenters. The van der Waals surface area contributed by atoms with E-state index in [-0.39, 0.29) is 16.6 Å². The highest BCUT2D eigenvalue weighted by molar-refractivity contribution is 8.01. The smallest absolute Gasteiger partial charge is 0.174 e. The van der Waals surface area contributed by atoms with Gasteiger partial charge in [-0.05, 0) is 31.5 Å². The van der Waals surface area contributed by atoms with Crippen LogP contribution in [0.3, 0.4) is 0 Å². The molecule has 0 aliphatic heterocycles. The number of aryl methyl sites for hydroxylation is 2. The fourth-order valence-corrected chi connectivity index (χ4v) is 3.37. The van der Waals surface area contributed by atoms with Gasteiger partial charge < -0.3 is 0 Å². The van der Waals surface area contributed by atoms with Crippen LogP contribution in [-0.4, -0.2) is 21.7 Å². The maximum atomic E-state index is 13.3. The quantitative estimate of drug-likeness (QED) is 0.633. The Hall–Kier alpha value is -0.980. The van der Waals surface area contributed by atoms with Gasteiger partial charge in [0.1, 0.15) is 10.8 Å². The molecule has 2 aromatic rings. The summed E-state index contributed by atoms with van der Waals surface area (Å²) in [7, 11) is 0. The molecule has 0 radical (unpaired) electrons. The highest BCUT2D eigenvalue weighted by atomic mass is 35.5. The molecule has 0 saturated heterocycles. The molecule has 0 bridgehead atoms. The Morgan fingerprint density at radius 3 is 2.79 bits per heavy atom. The zero-order valence-electron chi connectivity index (χ0n) is 10.2. The number of halogens is 2. The lowest BCUT2D eigenvalue weighted by molar-refractivity contribution is 0.102. The lowest BCUT2D eigenvalue weighted by atomic mass is 10.1. The van der Waals surface area contributed by atoms with Crippen LogP contribution >= 0.6 is 34.7 Å². The second-order valence-electron chi connectivity index (χ2n) is 3.88. The van der Waals surface area contributed by atoms with E-state index in [2.05, 4.69) is 10.2 Å². The molecular formula is C12H10ClFN2OS2. The summed E-state index contributed by atoms with van der Waals surface area (Å²) >= 11 is 8.62. The number of carbonyl (C=O) groups is 1. The first-order chi connectivity index (χ1) is 8.97. The second-order valence-corrected chi connectivity index (χ2v) is 6.69. The number of carbonyl (C=O) groups excluding carboxylic acids is 1. The minimum absolute atomic E-state index is 0.141. The van der Waals surface area contributed by atoms with Crippen LogP contribution in [0.2, 0.25) is 5.02 Å². The summed E-state index contributed by atoms with van der Waals surface area (Å²) < 4.78 is 14.0. The van der Waals surface area contributed by atoms with Gasteiger partial charge in [-0.2, -0.15) is 0 Å². The summed E-state index contributed by atoms with van der Waals surface area (Å²) in [4.78, 5) is 12.0. The predicted octanol–water partition coefficient (Wildman–Crippen LogP) is 3.92. The highest BCUT2D eigenvalue weighted by Gasteiger charge is 2.14. The molecule has 19 heavy (non-hydrogen) atoms. The van der Waals surface area contributed by atoms with Crippen molar-refractivity contribution >= 4 is 40.5 Å². The molecule has 0 spiro atoms. The van der Waals surface area contributed by atoms with Gasteiger partial charge in [0.2, 0.25) is 0 Å². The average Bonchev–Trinajstić information content (AvgIpc) is 2.77. The molecule has 1 aromatic heterocycles. The minimum Gasteiger partial charge on any atom is -0.293 e. The lowest BCUT2D eigenvalue weighted by Gasteiger charge is -2.05. The monoisotopic (exact) mass is 316 g/mol. The number of thioether (sulfide) groups is 1. The fraction of sp³-hybridized carbons (Fsp3) is 0.250. The normalized spacial score (nSPS) is 10.7. The maximum absolute atomic E-state index is 13.3. The van der Waals surface area contributed by atoms with Crippen molar-refractivity contribution in [1.82, 2.24) is 10.2 Å². The van der Waals surface area contributed by atoms with E-state index < -0.39 is 5.82 Å². The Balaban J connectivity index is 2.10. The zero-order valence-corrected chi connectivity index (χ0v) is 12.6. The molecule has 100 valence electrons. The molecule has 3 nitrogen and oxygen atoms in total. The van der Waals surface area contributed by atoms with Crippen LogP contribution in [-0.2, 0) is 0 Å². The molecular weight excluding hydrogens is 307 g/mol. The van der Waals surface area contributed by atoms with E-state index >= 15 is 0 Å². The molecule has 0 amide bonds. The number of hydrogen-bond acceptors (Lipinski definition) is 5. The summed E-state index contributed by atoms with van der Waals surface area (Å²) in [6, 6.07) is 2.65. The topological polar surface area (TPSA) is 42.9 Å². The number of aromatic nitrogens is 2. The lowest BCUT2D eigenvalue weighted by Crippen LogP contribution is -2.04. The third-order valence-electron chi connectivity index (χ3n) is 2.38. The van der Waals surface area contributed by atoms with E-state index in [0.717, 1.165) is 9.35 Å². The van der Waals surface area contributed by atoms with Crippen LogP contribution in [0, 0.1) is 19.7 Å². The van der Waals surface area contributed by atoms with Crippen LogP contribution in [0.25, 0.3) is 0 Å². The van der Waals surface area contributed by atoms with Crippen molar-refractivity contribution in [2.75, 3.05) is 5.75 Å². The number of rotatable bonds is 4. The van der Waals surface area contributed by atoms with E-state index in [9.17, 15) is 9.18 Å². The maximum Gasteiger partial charge on any atom is 0.174 e. The Kier molecular flexibility index (Phi) is 4.54. The molecule has 0 saturated carbocycles. The van der Waals surface area contributed by atoms with Crippen molar-refractivity contribution in [3.05, 3.63) is 39.1 Å². The first-order valence-electron chi connectivity index (χ1n) is 5.39. The number of Topliss-reactive ketones (excluding diaryl/α,β-unsaturated/α-hetero) is 1. The van der Waals surface area contributed by atoms with Gasteiger partial charge in [-0.3, -0.25) is 4.79 Å². The van der Waals surface area contributed by atoms with Crippen molar-refractivity contribution in [1.29, 1.82) is 0 Å². The molecule has 7 heteroatoms. The fourth-order valence-electron chi connectivity index (χ4n) is 1.41. The largest absolute Gasteiger partial charge is 0.293 e. The Bertz CT molecular complexity index is 630. The van der Waals surface area contributed by atoms with Crippen LogP contribution in [0.15, 0.2) is 16.5 Å². The second kappa shape index (κ2) is 5.98. The van der Waals surface area contributed by atoms with Gasteiger partial charge in [0, 0.05) is 5.56 Å². The Morgan fingerprint density at radius 1 is 1.42 bits per heavy atom. The van der Waals surface area contributed by atoms with Crippen LogP contribution in [0.4, 0.5) is 4.39 Å². The van der Waals surface area contributed by atoms with E-state index in [1.807, 2.05) is 6.92 Å². The van der Waals surface area contributed by atoms with Crippen LogP contribution in [0.5, 0.6) is 0 Å². The summed E-state index contributed by atoms with van der Waals surface area (Å²) in [5.41, 5.74) is 0.749. The van der Waals surface area contributed by atoms with Gasteiger partial charge in [-0.25, -0.2) is 4.39 Å². The summed E-state index contributed by atoms with van der Waals surface area (Å²) in [5.74, 6) is -0.348. The number of benzene rings is 1. The minimum atomic E-state index is -0.408. The van der Waals surface area contributed by atoms with Crippen molar-refractivity contribution < 1.29 is 9.18 Å². The zero-order chi connectivity index (χ0) is 14.0. The summed E-state index contributed by atoms with van der Waals surface area (Å²) in [5, 5.41) is 8.79. The van der Waals surface area contributed by atoms with E-state index in [4.69, 9.17) is 11.6 Å². The molecule has 0 atom stereocenters. The summed E-state index contributed by atoms with van der Waals surface area (Å²) in [6.45, 7) is 3.45. The Morgan fingerprint density at radius 2 is 2.16 bits per heavy atom. The summed E-state index contributed by atoms with van der Waals surface area (Å²) in [6.07, 6.45) is 0. The average molecular weight is 317 g/mol. The molecule has 0 aliphatic carbocycles. The third kappa shape index (κ3) is 3.52.